The van der Waals surface area contributed by atoms with E-state index < -0.39 is 4.92 Å². The lowest BCUT2D eigenvalue weighted by atomic mass is 10.2. The van der Waals surface area contributed by atoms with Gasteiger partial charge in [-0.1, -0.05) is 0 Å². The van der Waals surface area contributed by atoms with Crippen molar-refractivity contribution >= 4 is 17.5 Å². The van der Waals surface area contributed by atoms with Crippen molar-refractivity contribution < 1.29 is 4.92 Å². The minimum Gasteiger partial charge on any atom is -0.357 e. The molecule has 8 heteroatoms. The van der Waals surface area contributed by atoms with Crippen LogP contribution in [-0.2, 0) is 0 Å². The highest BCUT2D eigenvalue weighted by molar-refractivity contribution is 5.62. The Bertz CT molecular complexity index is 521. The molecule has 110 valence electrons. The van der Waals surface area contributed by atoms with E-state index in [0.717, 1.165) is 19.6 Å². The van der Waals surface area contributed by atoms with Crippen LogP contribution in [0, 0.1) is 17.0 Å². The fourth-order valence-electron chi connectivity index (χ4n) is 2.34. The summed E-state index contributed by atoms with van der Waals surface area (Å²) in [6.07, 6.45) is 0. The van der Waals surface area contributed by atoms with Crippen LogP contribution in [0.15, 0.2) is 0 Å². The number of hydrogen-bond acceptors (Lipinski definition) is 7. The van der Waals surface area contributed by atoms with Gasteiger partial charge in [0.05, 0.1) is 4.92 Å². The fraction of sp³-hybridized carbons (Fsp3) is 0.667. The zero-order chi connectivity index (χ0) is 14.9. The first kappa shape index (κ1) is 14.4. The first-order chi connectivity index (χ1) is 9.43. The van der Waals surface area contributed by atoms with Crippen LogP contribution in [0.4, 0.5) is 17.5 Å². The van der Waals surface area contributed by atoms with Crippen LogP contribution in [0.2, 0.25) is 0 Å². The van der Waals surface area contributed by atoms with E-state index in [1.54, 1.807) is 14.0 Å². The highest BCUT2D eigenvalue weighted by Crippen LogP contribution is 2.30. The van der Waals surface area contributed by atoms with Crippen LogP contribution in [0.5, 0.6) is 0 Å². The summed E-state index contributed by atoms with van der Waals surface area (Å²) in [6.45, 7) is 6.04. The predicted molar refractivity (Wildman–Crippen MR) is 77.3 cm³/mol. The largest absolute Gasteiger partial charge is 0.357 e. The van der Waals surface area contributed by atoms with Crippen LogP contribution in [-0.4, -0.2) is 59.6 Å². The summed E-state index contributed by atoms with van der Waals surface area (Å²) in [5.74, 6) is 0.821. The molecule has 1 aromatic rings. The summed E-state index contributed by atoms with van der Waals surface area (Å²) in [5, 5.41) is 14.2. The molecule has 0 amide bonds. The third kappa shape index (κ3) is 2.64. The van der Waals surface area contributed by atoms with Crippen LogP contribution in [0.1, 0.15) is 12.6 Å². The van der Waals surface area contributed by atoms with Gasteiger partial charge in [0, 0.05) is 32.7 Å². The van der Waals surface area contributed by atoms with Crippen molar-refractivity contribution in [3.05, 3.63) is 15.8 Å². The molecule has 8 nitrogen and oxygen atoms in total. The molecule has 0 radical (unpaired) electrons. The molecule has 2 heterocycles. The standard InChI is InChI=1S/C12H20N6O2/c1-8-7-17(6-5-16(8)4)11-10(18(19)20)9(2)14-12(13-3)15-11/h8H,5-7H2,1-4H3,(H,13,14,15). The van der Waals surface area contributed by atoms with Crippen LogP contribution < -0.4 is 10.2 Å². The SMILES string of the molecule is CNc1nc(C)c([N+](=O)[O-])c(N2CCN(C)C(C)C2)n1. The average Bonchev–Trinajstić information content (AvgIpc) is 2.40. The molecular formula is C12H20N6O2. The van der Waals surface area contributed by atoms with Crippen LogP contribution in [0.3, 0.4) is 0 Å². The van der Waals surface area contributed by atoms with Crippen LogP contribution in [0.25, 0.3) is 0 Å². The van der Waals surface area contributed by atoms with Gasteiger partial charge < -0.3 is 15.1 Å². The smallest absolute Gasteiger partial charge is 0.332 e. The maximum absolute atomic E-state index is 11.3. The molecule has 1 aliphatic rings. The van der Waals surface area contributed by atoms with E-state index in [4.69, 9.17) is 0 Å². The lowest BCUT2D eigenvalue weighted by molar-refractivity contribution is -0.385. The van der Waals surface area contributed by atoms with E-state index in [-0.39, 0.29) is 5.69 Å². The van der Waals surface area contributed by atoms with Crippen molar-refractivity contribution in [1.82, 2.24) is 14.9 Å². The van der Waals surface area contributed by atoms with Gasteiger partial charge in [-0.25, -0.2) is 4.98 Å². The monoisotopic (exact) mass is 280 g/mol. The van der Waals surface area contributed by atoms with Crippen molar-refractivity contribution in [2.45, 2.75) is 19.9 Å². The minimum atomic E-state index is -0.396. The summed E-state index contributed by atoms with van der Waals surface area (Å²) in [7, 11) is 3.76. The molecule has 0 bridgehead atoms. The number of nitrogens with one attached hydrogen (secondary N) is 1. The second-order valence-electron chi connectivity index (χ2n) is 5.09. The third-order valence-corrected chi connectivity index (χ3v) is 3.71. The Hall–Kier alpha value is -1.96. The van der Waals surface area contributed by atoms with Crippen molar-refractivity contribution in [3.8, 4) is 0 Å². The molecule has 1 atom stereocenters. The number of aromatic nitrogens is 2. The summed E-state index contributed by atoms with van der Waals surface area (Å²) >= 11 is 0. The second-order valence-corrected chi connectivity index (χ2v) is 5.09. The molecular weight excluding hydrogens is 260 g/mol. The first-order valence-corrected chi connectivity index (χ1v) is 6.60. The average molecular weight is 280 g/mol. The topological polar surface area (TPSA) is 87.4 Å². The predicted octanol–water partition coefficient (Wildman–Crippen LogP) is 0.875. The highest BCUT2D eigenvalue weighted by Gasteiger charge is 2.30. The van der Waals surface area contributed by atoms with Crippen molar-refractivity contribution in [2.75, 3.05) is 43.9 Å². The quantitative estimate of drug-likeness (QED) is 0.649. The molecule has 1 N–H and O–H groups in total. The zero-order valence-corrected chi connectivity index (χ0v) is 12.3. The van der Waals surface area contributed by atoms with E-state index in [1.165, 1.54) is 0 Å². The Kier molecular flexibility index (Phi) is 4.03. The van der Waals surface area contributed by atoms with Gasteiger partial charge in [0.2, 0.25) is 11.8 Å². The summed E-state index contributed by atoms with van der Waals surface area (Å²) in [6, 6.07) is 0.330. The summed E-state index contributed by atoms with van der Waals surface area (Å²) in [4.78, 5) is 23.5. The van der Waals surface area contributed by atoms with Gasteiger partial charge in [0.25, 0.3) is 0 Å². The lowest BCUT2D eigenvalue weighted by Gasteiger charge is -2.38. The number of hydrogen-bond donors (Lipinski definition) is 1. The molecule has 20 heavy (non-hydrogen) atoms. The summed E-state index contributed by atoms with van der Waals surface area (Å²) in [5.41, 5.74) is 0.386. The third-order valence-electron chi connectivity index (χ3n) is 3.71. The molecule has 1 unspecified atom stereocenters. The van der Waals surface area contributed by atoms with Gasteiger partial charge in [-0.05, 0) is 20.9 Å². The van der Waals surface area contributed by atoms with E-state index in [0.29, 0.717) is 23.5 Å². The number of nitro groups is 1. The molecule has 0 saturated carbocycles. The van der Waals surface area contributed by atoms with Gasteiger partial charge in [-0.15, -0.1) is 0 Å². The van der Waals surface area contributed by atoms with Gasteiger partial charge in [0.1, 0.15) is 5.69 Å². The number of rotatable bonds is 3. The Morgan fingerprint density at radius 3 is 2.65 bits per heavy atom. The van der Waals surface area contributed by atoms with E-state index in [1.807, 2.05) is 4.90 Å². The van der Waals surface area contributed by atoms with Crippen molar-refractivity contribution in [2.24, 2.45) is 0 Å². The molecule has 1 aromatic heterocycles. The van der Waals surface area contributed by atoms with Gasteiger partial charge in [0.15, 0.2) is 0 Å². The van der Waals surface area contributed by atoms with Gasteiger partial charge in [-0.2, -0.15) is 4.98 Å². The molecule has 0 aromatic carbocycles. The molecule has 0 spiro atoms. The molecule has 1 aliphatic heterocycles. The lowest BCUT2D eigenvalue weighted by Crippen LogP contribution is -2.50. The molecule has 1 fully saturated rings. The Morgan fingerprint density at radius 2 is 2.10 bits per heavy atom. The molecule has 1 saturated heterocycles. The normalized spacial score (nSPS) is 20.0. The number of aryl methyl sites for hydroxylation is 1. The Labute approximate surface area is 118 Å². The maximum Gasteiger partial charge on any atom is 0.332 e. The summed E-state index contributed by atoms with van der Waals surface area (Å²) < 4.78 is 0. The first-order valence-electron chi connectivity index (χ1n) is 6.60. The van der Waals surface area contributed by atoms with Gasteiger partial charge in [-0.3, -0.25) is 10.1 Å². The highest BCUT2D eigenvalue weighted by atomic mass is 16.6. The van der Waals surface area contributed by atoms with Crippen LogP contribution >= 0.6 is 0 Å². The maximum atomic E-state index is 11.3. The zero-order valence-electron chi connectivity index (χ0n) is 12.3. The van der Waals surface area contributed by atoms with E-state index in [9.17, 15) is 10.1 Å². The van der Waals surface area contributed by atoms with Crippen molar-refractivity contribution in [3.63, 3.8) is 0 Å². The Morgan fingerprint density at radius 1 is 1.40 bits per heavy atom. The second kappa shape index (κ2) is 5.58. The number of piperazine rings is 1. The molecule has 0 aliphatic carbocycles. The number of anilines is 2. The van der Waals surface area contributed by atoms with E-state index in [2.05, 4.69) is 34.2 Å². The van der Waals surface area contributed by atoms with E-state index >= 15 is 0 Å². The number of nitrogens with zero attached hydrogens (tertiary/aromatic N) is 5. The van der Waals surface area contributed by atoms with Gasteiger partial charge >= 0.3 is 5.69 Å². The fourth-order valence-corrected chi connectivity index (χ4v) is 2.34. The number of likely N-dealkylation sites (N-methyl/N-ethyl adjacent to an activating group) is 1. The Balaban J connectivity index is 2.43. The minimum absolute atomic E-state index is 0.000697. The molecule has 2 rings (SSSR count). The van der Waals surface area contributed by atoms with Crippen molar-refractivity contribution in [1.29, 1.82) is 0 Å².